The van der Waals surface area contributed by atoms with Crippen LogP contribution >= 0.6 is 23.2 Å². The molecule has 1 spiro atoms. The van der Waals surface area contributed by atoms with E-state index >= 15 is 0 Å². The molecule has 6 heteroatoms. The van der Waals surface area contributed by atoms with Crippen molar-refractivity contribution >= 4 is 29.1 Å². The summed E-state index contributed by atoms with van der Waals surface area (Å²) in [4.78, 5) is 16.3. The summed E-state index contributed by atoms with van der Waals surface area (Å²) in [5.74, 6) is 0.171. The van der Waals surface area contributed by atoms with E-state index in [1.165, 1.54) is 0 Å². The molecular weight excluding hydrogens is 347 g/mol. The number of rotatable bonds is 4. The second-order valence-electron chi connectivity index (χ2n) is 7.07. The Kier molecular flexibility index (Phi) is 5.70. The Bertz CT molecular complexity index is 611. The summed E-state index contributed by atoms with van der Waals surface area (Å²) in [5.41, 5.74) is 1.20. The normalized spacial score (nSPS) is 25.5. The zero-order valence-corrected chi connectivity index (χ0v) is 15.3. The monoisotopic (exact) mass is 370 g/mol. The van der Waals surface area contributed by atoms with Crippen LogP contribution in [0.15, 0.2) is 18.2 Å². The van der Waals surface area contributed by atoms with Crippen molar-refractivity contribution in [2.24, 2.45) is 5.41 Å². The van der Waals surface area contributed by atoms with Gasteiger partial charge in [0.15, 0.2) is 0 Å². The Labute approximate surface area is 153 Å². The standard InChI is InChI=1S/C18H24Cl2N2O2/c19-15-4-1-3-14(17(15)20)11-21-8-2-6-18(12-21)7-5-16(24)22(13-18)9-10-23/h1,3-4,23H,2,5-13H2/t18-/m0/s1. The summed E-state index contributed by atoms with van der Waals surface area (Å²) in [6.07, 6.45) is 3.79. The summed E-state index contributed by atoms with van der Waals surface area (Å²) < 4.78 is 0. The molecule has 1 atom stereocenters. The van der Waals surface area contributed by atoms with E-state index in [9.17, 15) is 9.90 Å². The topological polar surface area (TPSA) is 43.8 Å². The molecule has 4 nitrogen and oxygen atoms in total. The minimum Gasteiger partial charge on any atom is -0.395 e. The van der Waals surface area contributed by atoms with Crippen molar-refractivity contribution < 1.29 is 9.90 Å². The highest BCUT2D eigenvalue weighted by atomic mass is 35.5. The second-order valence-corrected chi connectivity index (χ2v) is 7.85. The number of nitrogens with zero attached hydrogens (tertiary/aromatic N) is 2. The van der Waals surface area contributed by atoms with Crippen LogP contribution in [-0.2, 0) is 11.3 Å². The van der Waals surface area contributed by atoms with Crippen LogP contribution < -0.4 is 0 Å². The lowest BCUT2D eigenvalue weighted by Gasteiger charge is -2.48. The van der Waals surface area contributed by atoms with E-state index in [-0.39, 0.29) is 17.9 Å². The number of carbonyl (C=O) groups is 1. The van der Waals surface area contributed by atoms with Crippen molar-refractivity contribution in [1.82, 2.24) is 9.80 Å². The molecule has 1 N–H and O–H groups in total. The Morgan fingerprint density at radius 2 is 2.04 bits per heavy atom. The highest BCUT2D eigenvalue weighted by molar-refractivity contribution is 6.42. The number of aliphatic hydroxyl groups excluding tert-OH is 1. The zero-order chi connectivity index (χ0) is 17.2. The van der Waals surface area contributed by atoms with E-state index in [2.05, 4.69) is 4.90 Å². The molecule has 2 aliphatic rings. The molecule has 0 bridgehead atoms. The third-order valence-electron chi connectivity index (χ3n) is 5.28. The molecule has 2 saturated heterocycles. The van der Waals surface area contributed by atoms with Gasteiger partial charge in [0.1, 0.15) is 0 Å². The van der Waals surface area contributed by atoms with Crippen LogP contribution in [0.4, 0.5) is 0 Å². The maximum Gasteiger partial charge on any atom is 0.222 e. The highest BCUT2D eigenvalue weighted by Gasteiger charge is 2.41. The molecule has 0 aliphatic carbocycles. The number of piperidine rings is 2. The van der Waals surface area contributed by atoms with E-state index in [1.54, 1.807) is 0 Å². The Morgan fingerprint density at radius 3 is 2.83 bits per heavy atom. The summed E-state index contributed by atoms with van der Waals surface area (Å²) in [5, 5.41) is 10.4. The van der Waals surface area contributed by atoms with Crippen LogP contribution in [0.25, 0.3) is 0 Å². The van der Waals surface area contributed by atoms with Crippen molar-refractivity contribution in [3.8, 4) is 0 Å². The van der Waals surface area contributed by atoms with Crippen molar-refractivity contribution in [1.29, 1.82) is 0 Å². The molecule has 1 amide bonds. The van der Waals surface area contributed by atoms with Crippen LogP contribution in [-0.4, -0.2) is 53.6 Å². The molecular formula is C18H24Cl2N2O2. The van der Waals surface area contributed by atoms with E-state index < -0.39 is 0 Å². The maximum absolute atomic E-state index is 12.0. The number of benzene rings is 1. The molecule has 1 aromatic carbocycles. The first kappa shape index (κ1) is 18.0. The summed E-state index contributed by atoms with van der Waals surface area (Å²) in [6.45, 7) is 4.02. The molecule has 1 aromatic rings. The van der Waals surface area contributed by atoms with Gasteiger partial charge in [-0.1, -0.05) is 35.3 Å². The van der Waals surface area contributed by atoms with Gasteiger partial charge in [-0.05, 0) is 37.4 Å². The first-order chi connectivity index (χ1) is 11.5. The van der Waals surface area contributed by atoms with E-state index in [0.29, 0.717) is 23.0 Å². The number of hydrogen-bond acceptors (Lipinski definition) is 3. The van der Waals surface area contributed by atoms with Crippen LogP contribution in [0, 0.1) is 5.41 Å². The Morgan fingerprint density at radius 1 is 1.21 bits per heavy atom. The van der Waals surface area contributed by atoms with Crippen LogP contribution in [0.3, 0.4) is 0 Å². The Balaban J connectivity index is 1.70. The molecule has 132 valence electrons. The largest absolute Gasteiger partial charge is 0.395 e. The lowest BCUT2D eigenvalue weighted by Crippen LogP contribution is -2.54. The lowest BCUT2D eigenvalue weighted by molar-refractivity contribution is -0.140. The van der Waals surface area contributed by atoms with Crippen LogP contribution in [0.2, 0.25) is 10.0 Å². The molecule has 2 fully saturated rings. The van der Waals surface area contributed by atoms with Gasteiger partial charge in [-0.3, -0.25) is 9.69 Å². The predicted octanol–water partition coefficient (Wildman–Crippen LogP) is 3.19. The molecule has 0 saturated carbocycles. The van der Waals surface area contributed by atoms with Gasteiger partial charge in [0, 0.05) is 38.0 Å². The van der Waals surface area contributed by atoms with E-state index in [1.807, 2.05) is 23.1 Å². The fourth-order valence-corrected chi connectivity index (χ4v) is 4.50. The molecule has 0 unspecified atom stereocenters. The van der Waals surface area contributed by atoms with Crippen molar-refractivity contribution in [2.75, 3.05) is 32.8 Å². The number of hydrogen-bond donors (Lipinski definition) is 1. The van der Waals surface area contributed by atoms with Crippen molar-refractivity contribution in [2.45, 2.75) is 32.2 Å². The zero-order valence-electron chi connectivity index (χ0n) is 13.8. The summed E-state index contributed by atoms with van der Waals surface area (Å²) in [7, 11) is 0. The molecule has 0 aromatic heterocycles. The highest BCUT2D eigenvalue weighted by Crippen LogP contribution is 2.39. The summed E-state index contributed by atoms with van der Waals surface area (Å²) >= 11 is 12.5. The number of carbonyl (C=O) groups excluding carboxylic acids is 1. The molecule has 0 radical (unpaired) electrons. The van der Waals surface area contributed by atoms with Gasteiger partial charge in [-0.2, -0.15) is 0 Å². The van der Waals surface area contributed by atoms with Crippen LogP contribution in [0.5, 0.6) is 0 Å². The average molecular weight is 371 g/mol. The van der Waals surface area contributed by atoms with Gasteiger partial charge in [-0.25, -0.2) is 0 Å². The first-order valence-electron chi connectivity index (χ1n) is 8.57. The van der Waals surface area contributed by atoms with Gasteiger partial charge < -0.3 is 10.0 Å². The van der Waals surface area contributed by atoms with E-state index in [4.69, 9.17) is 23.2 Å². The third-order valence-corrected chi connectivity index (χ3v) is 6.14. The Hall–Kier alpha value is -0.810. The number of likely N-dealkylation sites (tertiary alicyclic amines) is 2. The van der Waals surface area contributed by atoms with E-state index in [0.717, 1.165) is 51.0 Å². The minimum atomic E-state index is 0.0314. The van der Waals surface area contributed by atoms with Gasteiger partial charge in [0.25, 0.3) is 0 Å². The lowest BCUT2D eigenvalue weighted by atomic mass is 9.73. The third kappa shape index (κ3) is 3.88. The van der Waals surface area contributed by atoms with Gasteiger partial charge in [0.05, 0.1) is 16.7 Å². The number of aliphatic hydroxyl groups is 1. The summed E-state index contributed by atoms with van der Waals surface area (Å²) in [6, 6.07) is 5.77. The predicted molar refractivity (Wildman–Crippen MR) is 96.3 cm³/mol. The van der Waals surface area contributed by atoms with Crippen LogP contribution in [0.1, 0.15) is 31.2 Å². The average Bonchev–Trinajstić information content (AvgIpc) is 2.56. The number of amides is 1. The first-order valence-corrected chi connectivity index (χ1v) is 9.32. The molecule has 2 heterocycles. The smallest absolute Gasteiger partial charge is 0.222 e. The quantitative estimate of drug-likeness (QED) is 0.884. The fraction of sp³-hybridized carbons (Fsp3) is 0.611. The molecule has 3 rings (SSSR count). The number of halogens is 2. The SMILES string of the molecule is O=C1CC[C@]2(CCCN(Cc3cccc(Cl)c3Cl)C2)CN1CCO. The van der Waals surface area contributed by atoms with Gasteiger partial charge >= 0.3 is 0 Å². The maximum atomic E-state index is 12.0. The molecule has 24 heavy (non-hydrogen) atoms. The second kappa shape index (κ2) is 7.61. The molecule has 2 aliphatic heterocycles. The minimum absolute atomic E-state index is 0.0314. The van der Waals surface area contributed by atoms with Gasteiger partial charge in [0.2, 0.25) is 5.91 Å². The van der Waals surface area contributed by atoms with Crippen molar-refractivity contribution in [3.05, 3.63) is 33.8 Å². The fourth-order valence-electron chi connectivity index (χ4n) is 4.12. The van der Waals surface area contributed by atoms with Crippen molar-refractivity contribution in [3.63, 3.8) is 0 Å². The van der Waals surface area contributed by atoms with Gasteiger partial charge in [-0.15, -0.1) is 0 Å². The number of β-amino-alcohol motifs (C(OH)–C–C–N with tert-alkyl or cyclic N) is 1.